The molecule has 0 bridgehead atoms. The molecular formula is C19H22N4O2. The van der Waals surface area contributed by atoms with E-state index >= 15 is 0 Å². The van der Waals surface area contributed by atoms with Crippen LogP contribution in [0, 0.1) is 11.3 Å². The number of hydrogen-bond acceptors (Lipinski definition) is 4. The maximum Gasteiger partial charge on any atom is 0.321 e. The molecule has 0 aliphatic carbocycles. The number of nitrogens with one attached hydrogen (secondary N) is 1. The standard InChI is InChI=1S/C19H22N4O2/c1-22(2)12-13-23(3)19(24)21-16-6-10-18(11-7-16)25-17-8-4-15(14-20)5-9-17/h4-11H,12-13H2,1-3H3,(H,21,24). The lowest BCUT2D eigenvalue weighted by Gasteiger charge is -2.20. The van der Waals surface area contributed by atoms with Gasteiger partial charge >= 0.3 is 6.03 Å². The molecular weight excluding hydrogens is 316 g/mol. The molecule has 0 aliphatic heterocycles. The van der Waals surface area contributed by atoms with Gasteiger partial charge in [0.1, 0.15) is 11.5 Å². The van der Waals surface area contributed by atoms with Gasteiger partial charge in [-0.1, -0.05) is 0 Å². The van der Waals surface area contributed by atoms with Crippen molar-refractivity contribution in [1.82, 2.24) is 9.80 Å². The van der Waals surface area contributed by atoms with Crippen molar-refractivity contribution in [1.29, 1.82) is 5.26 Å². The summed E-state index contributed by atoms with van der Waals surface area (Å²) in [7, 11) is 5.71. The summed E-state index contributed by atoms with van der Waals surface area (Å²) < 4.78 is 5.71. The Morgan fingerprint density at radius 2 is 1.56 bits per heavy atom. The third kappa shape index (κ3) is 5.83. The van der Waals surface area contributed by atoms with Crippen LogP contribution in [-0.4, -0.2) is 50.1 Å². The molecule has 2 rings (SSSR count). The lowest BCUT2D eigenvalue weighted by atomic mass is 10.2. The number of likely N-dealkylation sites (N-methyl/N-ethyl adjacent to an activating group) is 2. The van der Waals surface area contributed by atoms with Gasteiger partial charge in [-0.2, -0.15) is 5.26 Å². The predicted octanol–water partition coefficient (Wildman–Crippen LogP) is 3.38. The summed E-state index contributed by atoms with van der Waals surface area (Å²) in [6.07, 6.45) is 0. The first-order chi connectivity index (χ1) is 12.0. The molecule has 0 saturated heterocycles. The number of hydrogen-bond donors (Lipinski definition) is 1. The normalized spacial score (nSPS) is 10.2. The van der Waals surface area contributed by atoms with Gasteiger partial charge in [-0.3, -0.25) is 0 Å². The predicted molar refractivity (Wildman–Crippen MR) is 97.9 cm³/mol. The molecule has 0 unspecified atom stereocenters. The highest BCUT2D eigenvalue weighted by Gasteiger charge is 2.09. The van der Waals surface area contributed by atoms with E-state index in [2.05, 4.69) is 11.4 Å². The molecule has 0 radical (unpaired) electrons. The van der Waals surface area contributed by atoms with Gasteiger partial charge in [0.25, 0.3) is 0 Å². The quantitative estimate of drug-likeness (QED) is 0.877. The second kappa shape index (κ2) is 8.71. The van der Waals surface area contributed by atoms with Crippen LogP contribution in [0.4, 0.5) is 10.5 Å². The zero-order valence-corrected chi connectivity index (χ0v) is 14.7. The van der Waals surface area contributed by atoms with Gasteiger partial charge in [0.2, 0.25) is 0 Å². The number of anilines is 1. The average molecular weight is 338 g/mol. The van der Waals surface area contributed by atoms with Crippen molar-refractivity contribution >= 4 is 11.7 Å². The van der Waals surface area contributed by atoms with Crippen molar-refractivity contribution in [3.63, 3.8) is 0 Å². The van der Waals surface area contributed by atoms with Crippen LogP contribution in [0.3, 0.4) is 0 Å². The Hall–Kier alpha value is -3.04. The molecule has 0 fully saturated rings. The third-order valence-corrected chi connectivity index (χ3v) is 3.55. The summed E-state index contributed by atoms with van der Waals surface area (Å²) in [6, 6.07) is 16.0. The van der Waals surface area contributed by atoms with Crippen molar-refractivity contribution in [2.45, 2.75) is 0 Å². The minimum absolute atomic E-state index is 0.150. The molecule has 1 N–H and O–H groups in total. The zero-order valence-electron chi connectivity index (χ0n) is 14.7. The van der Waals surface area contributed by atoms with Gasteiger partial charge in [-0.15, -0.1) is 0 Å². The summed E-state index contributed by atoms with van der Waals surface area (Å²) in [5.74, 6) is 1.31. The topological polar surface area (TPSA) is 68.6 Å². The van der Waals surface area contributed by atoms with Gasteiger partial charge in [-0.25, -0.2) is 4.79 Å². The second-order valence-corrected chi connectivity index (χ2v) is 5.92. The average Bonchev–Trinajstić information content (AvgIpc) is 2.62. The van der Waals surface area contributed by atoms with E-state index in [-0.39, 0.29) is 6.03 Å². The zero-order chi connectivity index (χ0) is 18.2. The Bertz CT molecular complexity index is 734. The minimum atomic E-state index is -0.150. The van der Waals surface area contributed by atoms with Crippen LogP contribution in [0.25, 0.3) is 0 Å². The SMILES string of the molecule is CN(C)CCN(C)C(=O)Nc1ccc(Oc2ccc(C#N)cc2)cc1. The molecule has 2 aromatic carbocycles. The monoisotopic (exact) mass is 338 g/mol. The van der Waals surface area contributed by atoms with Crippen LogP contribution in [0.2, 0.25) is 0 Å². The van der Waals surface area contributed by atoms with E-state index in [1.54, 1.807) is 60.5 Å². The van der Waals surface area contributed by atoms with E-state index in [9.17, 15) is 4.79 Å². The Kier molecular flexibility index (Phi) is 6.38. The summed E-state index contributed by atoms with van der Waals surface area (Å²) in [6.45, 7) is 1.46. The van der Waals surface area contributed by atoms with E-state index in [0.29, 0.717) is 29.3 Å². The molecule has 6 heteroatoms. The molecule has 0 spiro atoms. The Morgan fingerprint density at radius 1 is 1.00 bits per heavy atom. The van der Waals surface area contributed by atoms with E-state index < -0.39 is 0 Å². The summed E-state index contributed by atoms with van der Waals surface area (Å²) in [5, 5.41) is 11.6. The number of benzene rings is 2. The summed E-state index contributed by atoms with van der Waals surface area (Å²) in [5.41, 5.74) is 1.29. The van der Waals surface area contributed by atoms with Gasteiger partial charge in [0, 0.05) is 25.8 Å². The first-order valence-electron chi connectivity index (χ1n) is 7.93. The summed E-state index contributed by atoms with van der Waals surface area (Å²) >= 11 is 0. The van der Waals surface area contributed by atoms with E-state index in [1.165, 1.54) is 0 Å². The first-order valence-corrected chi connectivity index (χ1v) is 7.93. The molecule has 25 heavy (non-hydrogen) atoms. The first kappa shape index (κ1) is 18.3. The van der Waals surface area contributed by atoms with Crippen LogP contribution in [0.15, 0.2) is 48.5 Å². The number of rotatable bonds is 6. The third-order valence-electron chi connectivity index (χ3n) is 3.55. The molecule has 0 saturated carbocycles. The van der Waals surface area contributed by atoms with E-state index in [0.717, 1.165) is 6.54 Å². The smallest absolute Gasteiger partial charge is 0.321 e. The number of amides is 2. The highest BCUT2D eigenvalue weighted by Crippen LogP contribution is 2.23. The number of nitriles is 1. The lowest BCUT2D eigenvalue weighted by Crippen LogP contribution is -2.36. The second-order valence-electron chi connectivity index (χ2n) is 5.92. The van der Waals surface area contributed by atoms with Gasteiger partial charge in [0.05, 0.1) is 11.6 Å². The van der Waals surface area contributed by atoms with Crippen molar-refractivity contribution in [3.05, 3.63) is 54.1 Å². The minimum Gasteiger partial charge on any atom is -0.457 e. The van der Waals surface area contributed by atoms with Gasteiger partial charge < -0.3 is 19.9 Å². The maximum atomic E-state index is 12.1. The number of ether oxygens (including phenoxy) is 1. The molecule has 2 aromatic rings. The maximum absolute atomic E-state index is 12.1. The highest BCUT2D eigenvalue weighted by molar-refractivity contribution is 5.89. The van der Waals surface area contributed by atoms with Crippen LogP contribution in [-0.2, 0) is 0 Å². The van der Waals surface area contributed by atoms with Crippen LogP contribution in [0.1, 0.15) is 5.56 Å². The highest BCUT2D eigenvalue weighted by atomic mass is 16.5. The molecule has 0 atom stereocenters. The number of urea groups is 1. The largest absolute Gasteiger partial charge is 0.457 e. The van der Waals surface area contributed by atoms with Crippen molar-refractivity contribution < 1.29 is 9.53 Å². The fourth-order valence-corrected chi connectivity index (χ4v) is 2.01. The Balaban J connectivity index is 1.90. The molecule has 0 aromatic heterocycles. The van der Waals surface area contributed by atoms with E-state index in [4.69, 9.17) is 10.00 Å². The number of carbonyl (C=O) groups excluding carboxylic acids is 1. The molecule has 130 valence electrons. The molecule has 0 aliphatic rings. The molecule has 0 heterocycles. The molecule has 2 amide bonds. The number of carbonyl (C=O) groups is 1. The number of nitrogens with zero attached hydrogens (tertiary/aromatic N) is 3. The Morgan fingerprint density at radius 3 is 2.08 bits per heavy atom. The van der Waals surface area contributed by atoms with Crippen LogP contribution < -0.4 is 10.1 Å². The van der Waals surface area contributed by atoms with Crippen molar-refractivity contribution in [2.24, 2.45) is 0 Å². The fraction of sp³-hybridized carbons (Fsp3) is 0.263. The van der Waals surface area contributed by atoms with E-state index in [1.807, 2.05) is 19.0 Å². The lowest BCUT2D eigenvalue weighted by molar-refractivity contribution is 0.217. The summed E-state index contributed by atoms with van der Waals surface area (Å²) in [4.78, 5) is 15.8. The van der Waals surface area contributed by atoms with Crippen molar-refractivity contribution in [2.75, 3.05) is 39.5 Å². The fourth-order valence-electron chi connectivity index (χ4n) is 2.01. The van der Waals surface area contributed by atoms with Gasteiger partial charge in [-0.05, 0) is 62.6 Å². The van der Waals surface area contributed by atoms with Crippen molar-refractivity contribution in [3.8, 4) is 17.6 Å². The Labute approximate surface area is 148 Å². The van der Waals surface area contributed by atoms with Gasteiger partial charge in [0.15, 0.2) is 0 Å². The van der Waals surface area contributed by atoms with Crippen LogP contribution >= 0.6 is 0 Å². The van der Waals surface area contributed by atoms with Crippen LogP contribution in [0.5, 0.6) is 11.5 Å². The molecule has 6 nitrogen and oxygen atoms in total.